The molecule has 6 heteroatoms. The summed E-state index contributed by atoms with van der Waals surface area (Å²) in [4.78, 5) is 26.0. The largest absolute Gasteiger partial charge is 0.389 e. The smallest absolute Gasteiger partial charge is 0.233 e. The minimum Gasteiger partial charge on any atom is -0.389 e. The van der Waals surface area contributed by atoms with Crippen LogP contribution in [0, 0.1) is 11.8 Å². The van der Waals surface area contributed by atoms with Gasteiger partial charge in [0.05, 0.1) is 37.2 Å². The molecule has 1 heterocycles. The van der Waals surface area contributed by atoms with Gasteiger partial charge in [0.2, 0.25) is 11.8 Å². The van der Waals surface area contributed by atoms with Gasteiger partial charge >= 0.3 is 0 Å². The molecule has 0 aromatic heterocycles. The number of amides is 2. The van der Waals surface area contributed by atoms with E-state index in [4.69, 9.17) is 16.3 Å². The van der Waals surface area contributed by atoms with Crippen LogP contribution in [0.25, 0.3) is 0 Å². The van der Waals surface area contributed by atoms with E-state index >= 15 is 0 Å². The van der Waals surface area contributed by atoms with Gasteiger partial charge in [-0.2, -0.15) is 0 Å². The summed E-state index contributed by atoms with van der Waals surface area (Å²) >= 11 is 5.86. The number of fused-ring (bicyclic) bond motifs is 1. The van der Waals surface area contributed by atoms with Crippen LogP contribution >= 0.6 is 11.6 Å². The summed E-state index contributed by atoms with van der Waals surface area (Å²) < 4.78 is 5.67. The normalized spacial score (nSPS) is 25.2. The van der Waals surface area contributed by atoms with Crippen molar-refractivity contribution in [2.75, 3.05) is 13.2 Å². The molecule has 1 fully saturated rings. The van der Waals surface area contributed by atoms with E-state index < -0.39 is 6.10 Å². The topological polar surface area (TPSA) is 66.8 Å². The molecule has 0 saturated carbocycles. The Balaban J connectivity index is 1.52. The second-order valence-corrected chi connectivity index (χ2v) is 7.06. The van der Waals surface area contributed by atoms with Crippen LogP contribution < -0.4 is 0 Å². The molecular formula is C19H22ClNO4. The molecule has 2 aliphatic rings. The minimum atomic E-state index is -0.907. The number of nitrogens with zero attached hydrogens (tertiary/aromatic N) is 1. The standard InChI is InChI=1S/C19H22ClNO4/c1-12(13-6-8-14(20)9-7-13)25-11-15(22)10-21-18(23)16-4-2-3-5-17(16)19(21)24/h2-3,6-9,12,15-17,22H,4-5,10-11H2,1H3/t12-,15+,16+,17+/m0/s1. The average molecular weight is 364 g/mol. The minimum absolute atomic E-state index is 0.0159. The third kappa shape index (κ3) is 3.94. The summed E-state index contributed by atoms with van der Waals surface area (Å²) in [6.07, 6.45) is 3.98. The average Bonchev–Trinajstić information content (AvgIpc) is 2.86. The maximum Gasteiger partial charge on any atom is 0.233 e. The molecule has 0 spiro atoms. The summed E-state index contributed by atoms with van der Waals surface area (Å²) in [5.41, 5.74) is 0.946. The molecule has 3 rings (SSSR count). The van der Waals surface area contributed by atoms with Gasteiger partial charge < -0.3 is 9.84 Å². The Hall–Kier alpha value is -1.69. The molecule has 1 N–H and O–H groups in total. The van der Waals surface area contributed by atoms with Crippen LogP contribution in [-0.2, 0) is 14.3 Å². The SMILES string of the molecule is C[C@H](OC[C@H](O)CN1C(=O)[C@@H]2CC=CC[C@H]2C1=O)c1ccc(Cl)cc1. The fourth-order valence-corrected chi connectivity index (χ4v) is 3.52. The van der Waals surface area contributed by atoms with Crippen molar-refractivity contribution in [3.8, 4) is 0 Å². The molecular weight excluding hydrogens is 342 g/mol. The van der Waals surface area contributed by atoms with Crippen LogP contribution in [0.2, 0.25) is 5.02 Å². The first-order valence-electron chi connectivity index (χ1n) is 8.52. The number of hydrogen-bond acceptors (Lipinski definition) is 4. The zero-order valence-electron chi connectivity index (χ0n) is 14.1. The van der Waals surface area contributed by atoms with Crippen molar-refractivity contribution >= 4 is 23.4 Å². The fourth-order valence-electron chi connectivity index (χ4n) is 3.40. The van der Waals surface area contributed by atoms with Gasteiger partial charge in [0, 0.05) is 5.02 Å². The number of allylic oxidation sites excluding steroid dienone is 2. The van der Waals surface area contributed by atoms with E-state index in [0.717, 1.165) is 5.56 Å². The van der Waals surface area contributed by atoms with Crippen LogP contribution in [0.1, 0.15) is 31.4 Å². The molecule has 1 aromatic carbocycles. The predicted octanol–water partition coefficient (Wildman–Crippen LogP) is 2.73. The lowest BCUT2D eigenvalue weighted by atomic mass is 9.85. The summed E-state index contributed by atoms with van der Waals surface area (Å²) in [5, 5.41) is 10.9. The van der Waals surface area contributed by atoms with Crippen LogP contribution in [0.3, 0.4) is 0 Å². The van der Waals surface area contributed by atoms with E-state index in [2.05, 4.69) is 0 Å². The van der Waals surface area contributed by atoms with Gasteiger partial charge in [0.1, 0.15) is 0 Å². The summed E-state index contributed by atoms with van der Waals surface area (Å²) in [6, 6.07) is 7.30. The zero-order chi connectivity index (χ0) is 18.0. The third-order valence-electron chi connectivity index (χ3n) is 4.87. The second-order valence-electron chi connectivity index (χ2n) is 6.62. The number of benzene rings is 1. The first-order chi connectivity index (χ1) is 12.0. The number of likely N-dealkylation sites (tertiary alicyclic amines) is 1. The van der Waals surface area contributed by atoms with E-state index in [1.807, 2.05) is 31.2 Å². The molecule has 134 valence electrons. The number of imide groups is 1. The lowest BCUT2D eigenvalue weighted by molar-refractivity contribution is -0.142. The summed E-state index contributed by atoms with van der Waals surface area (Å²) in [7, 11) is 0. The Morgan fingerprint density at radius 1 is 1.16 bits per heavy atom. The first kappa shape index (κ1) is 18.1. The number of aliphatic hydroxyl groups is 1. The Kier molecular flexibility index (Phi) is 5.57. The lowest BCUT2D eigenvalue weighted by Crippen LogP contribution is -2.39. The predicted molar refractivity (Wildman–Crippen MR) is 93.9 cm³/mol. The number of hydrogen-bond donors (Lipinski definition) is 1. The van der Waals surface area contributed by atoms with Crippen molar-refractivity contribution in [2.45, 2.75) is 32.0 Å². The van der Waals surface area contributed by atoms with Gasteiger partial charge in [0.25, 0.3) is 0 Å². The highest BCUT2D eigenvalue weighted by molar-refractivity contribution is 6.30. The van der Waals surface area contributed by atoms with Gasteiger partial charge in [-0.3, -0.25) is 14.5 Å². The molecule has 5 nitrogen and oxygen atoms in total. The van der Waals surface area contributed by atoms with Crippen molar-refractivity contribution in [1.82, 2.24) is 4.90 Å². The van der Waals surface area contributed by atoms with Crippen LogP contribution in [0.4, 0.5) is 0 Å². The van der Waals surface area contributed by atoms with E-state index in [9.17, 15) is 14.7 Å². The Morgan fingerprint density at radius 2 is 1.72 bits per heavy atom. The molecule has 1 saturated heterocycles. The number of rotatable bonds is 6. The first-order valence-corrected chi connectivity index (χ1v) is 8.90. The van der Waals surface area contributed by atoms with Crippen molar-refractivity contribution in [3.63, 3.8) is 0 Å². The van der Waals surface area contributed by atoms with Crippen LogP contribution in [-0.4, -0.2) is 41.1 Å². The highest BCUT2D eigenvalue weighted by Gasteiger charge is 2.47. The third-order valence-corrected chi connectivity index (χ3v) is 5.12. The van der Waals surface area contributed by atoms with Crippen molar-refractivity contribution in [2.24, 2.45) is 11.8 Å². The molecule has 1 aliphatic heterocycles. The van der Waals surface area contributed by atoms with Gasteiger partial charge in [-0.1, -0.05) is 35.9 Å². The van der Waals surface area contributed by atoms with Crippen molar-refractivity contribution < 1.29 is 19.4 Å². The van der Waals surface area contributed by atoms with Crippen LogP contribution in [0.5, 0.6) is 0 Å². The molecule has 0 unspecified atom stereocenters. The highest BCUT2D eigenvalue weighted by atomic mass is 35.5. The number of carbonyl (C=O) groups excluding carboxylic acids is 2. The zero-order valence-corrected chi connectivity index (χ0v) is 14.9. The van der Waals surface area contributed by atoms with E-state index in [0.29, 0.717) is 17.9 Å². The number of aliphatic hydroxyl groups excluding tert-OH is 1. The van der Waals surface area contributed by atoms with E-state index in [1.54, 1.807) is 12.1 Å². The maximum atomic E-state index is 12.4. The summed E-state index contributed by atoms with van der Waals surface area (Å²) in [6.45, 7) is 1.91. The fraction of sp³-hybridized carbons (Fsp3) is 0.474. The number of β-amino-alcohol motifs (C(OH)–C–C–N with tert-alkyl or cyclic N) is 1. The van der Waals surface area contributed by atoms with E-state index in [-0.39, 0.29) is 42.9 Å². The Morgan fingerprint density at radius 3 is 2.28 bits per heavy atom. The van der Waals surface area contributed by atoms with Gasteiger partial charge in [-0.25, -0.2) is 0 Å². The van der Waals surface area contributed by atoms with Crippen molar-refractivity contribution in [3.05, 3.63) is 47.0 Å². The lowest BCUT2D eigenvalue weighted by Gasteiger charge is -2.21. The molecule has 2 amide bonds. The molecule has 0 bridgehead atoms. The van der Waals surface area contributed by atoms with Crippen molar-refractivity contribution in [1.29, 1.82) is 0 Å². The Labute approximate surface area is 152 Å². The van der Waals surface area contributed by atoms with Gasteiger partial charge in [-0.05, 0) is 37.5 Å². The monoisotopic (exact) mass is 363 g/mol. The number of ether oxygens (including phenoxy) is 1. The highest BCUT2D eigenvalue weighted by Crippen LogP contribution is 2.35. The molecule has 1 aliphatic carbocycles. The maximum absolute atomic E-state index is 12.4. The molecule has 1 aromatic rings. The second kappa shape index (κ2) is 7.68. The van der Waals surface area contributed by atoms with Gasteiger partial charge in [-0.15, -0.1) is 0 Å². The molecule has 0 radical (unpaired) electrons. The van der Waals surface area contributed by atoms with E-state index in [1.165, 1.54) is 4.90 Å². The summed E-state index contributed by atoms with van der Waals surface area (Å²) in [5.74, 6) is -0.884. The quantitative estimate of drug-likeness (QED) is 0.623. The molecule has 4 atom stereocenters. The van der Waals surface area contributed by atoms with Gasteiger partial charge in [0.15, 0.2) is 0 Å². The molecule has 25 heavy (non-hydrogen) atoms. The number of carbonyl (C=O) groups is 2. The number of halogens is 1. The Bertz CT molecular complexity index is 647. The van der Waals surface area contributed by atoms with Crippen LogP contribution in [0.15, 0.2) is 36.4 Å².